The fourth-order valence-electron chi connectivity index (χ4n) is 3.35. The van der Waals surface area contributed by atoms with E-state index >= 15 is 0 Å². The van der Waals surface area contributed by atoms with Gasteiger partial charge in [-0.15, -0.1) is 0 Å². The predicted octanol–water partition coefficient (Wildman–Crippen LogP) is 4.54. The number of nitrogens with zero attached hydrogens (tertiary/aromatic N) is 2. The third-order valence-corrected chi connectivity index (χ3v) is 5.01. The molecule has 1 N–H and O–H groups in total. The van der Waals surface area contributed by atoms with Crippen LogP contribution in [0.3, 0.4) is 0 Å². The van der Waals surface area contributed by atoms with Crippen molar-refractivity contribution in [2.75, 3.05) is 0 Å². The van der Waals surface area contributed by atoms with Gasteiger partial charge in [0.2, 0.25) is 5.91 Å². The first-order valence-corrected chi connectivity index (χ1v) is 10.3. The number of amides is 1. The molecule has 1 amide bonds. The van der Waals surface area contributed by atoms with Crippen molar-refractivity contribution in [3.05, 3.63) is 101 Å². The van der Waals surface area contributed by atoms with Gasteiger partial charge in [-0.05, 0) is 35.4 Å². The number of carbonyl (C=O) groups is 1. The van der Waals surface area contributed by atoms with Crippen LogP contribution >= 0.6 is 0 Å². The van der Waals surface area contributed by atoms with Crippen LogP contribution in [0.5, 0.6) is 11.5 Å². The molecule has 0 atom stereocenters. The summed E-state index contributed by atoms with van der Waals surface area (Å²) < 4.78 is 7.45. The molecular formula is C26H23N3O3. The van der Waals surface area contributed by atoms with E-state index in [1.54, 1.807) is 13.1 Å². The summed E-state index contributed by atoms with van der Waals surface area (Å²) in [4.78, 5) is 23.6. The van der Waals surface area contributed by atoms with Gasteiger partial charge >= 0.3 is 0 Å². The number of aryl methyl sites for hydroxylation is 1. The van der Waals surface area contributed by atoms with E-state index in [2.05, 4.69) is 10.4 Å². The Morgan fingerprint density at radius 2 is 1.62 bits per heavy atom. The maximum atomic E-state index is 12.4. The van der Waals surface area contributed by atoms with Crippen LogP contribution in [0.15, 0.2) is 89.7 Å². The van der Waals surface area contributed by atoms with E-state index in [0.717, 1.165) is 16.7 Å². The molecule has 1 aromatic heterocycles. The molecule has 0 aliphatic carbocycles. The molecule has 0 spiro atoms. The van der Waals surface area contributed by atoms with E-state index < -0.39 is 0 Å². The van der Waals surface area contributed by atoms with E-state index in [1.807, 2.05) is 78.9 Å². The van der Waals surface area contributed by atoms with Gasteiger partial charge in [0.25, 0.3) is 5.56 Å². The second-order valence-electron chi connectivity index (χ2n) is 7.39. The lowest BCUT2D eigenvalue weighted by atomic mass is 9.98. The summed E-state index contributed by atoms with van der Waals surface area (Å²) in [5.74, 6) is 1.28. The lowest BCUT2D eigenvalue weighted by Gasteiger charge is -2.15. The van der Waals surface area contributed by atoms with Crippen molar-refractivity contribution in [1.82, 2.24) is 15.1 Å². The van der Waals surface area contributed by atoms with E-state index in [1.165, 1.54) is 11.6 Å². The van der Waals surface area contributed by atoms with Gasteiger partial charge < -0.3 is 10.1 Å². The molecule has 0 bridgehead atoms. The standard InChI is InChI=1S/C26H23N3O3/c1-18(30)27-17-19-12-14-20(15-13-19)23-16-25(31)29(2)28-26(23)22-10-6-7-11-24(22)32-21-8-4-3-5-9-21/h3-16H,17H2,1-2H3,(H,27,30). The normalized spacial score (nSPS) is 10.6. The van der Waals surface area contributed by atoms with Crippen molar-refractivity contribution in [3.8, 4) is 33.9 Å². The molecule has 6 heteroatoms. The van der Waals surface area contributed by atoms with Crippen LogP contribution in [0.2, 0.25) is 0 Å². The summed E-state index contributed by atoms with van der Waals surface area (Å²) in [7, 11) is 1.63. The zero-order valence-electron chi connectivity index (χ0n) is 17.9. The van der Waals surface area contributed by atoms with E-state index in [0.29, 0.717) is 29.3 Å². The Hall–Kier alpha value is -4.19. The quantitative estimate of drug-likeness (QED) is 0.492. The zero-order chi connectivity index (χ0) is 22.5. The third kappa shape index (κ3) is 4.75. The summed E-state index contributed by atoms with van der Waals surface area (Å²) >= 11 is 0. The minimum Gasteiger partial charge on any atom is -0.457 e. The van der Waals surface area contributed by atoms with Gasteiger partial charge in [-0.2, -0.15) is 5.10 Å². The monoisotopic (exact) mass is 425 g/mol. The highest BCUT2D eigenvalue weighted by atomic mass is 16.5. The van der Waals surface area contributed by atoms with Gasteiger partial charge in [0, 0.05) is 37.7 Å². The Labute approximate surface area is 186 Å². The number of aromatic nitrogens is 2. The van der Waals surface area contributed by atoms with Crippen LogP contribution in [0, 0.1) is 0 Å². The topological polar surface area (TPSA) is 73.2 Å². The SMILES string of the molecule is CC(=O)NCc1ccc(-c2cc(=O)n(C)nc2-c2ccccc2Oc2ccccc2)cc1. The van der Waals surface area contributed by atoms with Gasteiger partial charge in [0.1, 0.15) is 17.2 Å². The van der Waals surface area contributed by atoms with Crippen molar-refractivity contribution in [1.29, 1.82) is 0 Å². The fourth-order valence-corrected chi connectivity index (χ4v) is 3.35. The first-order chi connectivity index (χ1) is 15.5. The lowest BCUT2D eigenvalue weighted by Crippen LogP contribution is -2.20. The molecule has 4 rings (SSSR count). The fraction of sp³-hybridized carbons (Fsp3) is 0.115. The first kappa shape index (κ1) is 21.1. The van der Waals surface area contributed by atoms with Crippen molar-refractivity contribution in [3.63, 3.8) is 0 Å². The zero-order valence-corrected chi connectivity index (χ0v) is 17.9. The van der Waals surface area contributed by atoms with Crippen molar-refractivity contribution < 1.29 is 9.53 Å². The summed E-state index contributed by atoms with van der Waals surface area (Å²) in [6.07, 6.45) is 0. The Balaban J connectivity index is 1.77. The number of nitrogens with one attached hydrogen (secondary N) is 1. The highest BCUT2D eigenvalue weighted by Gasteiger charge is 2.16. The van der Waals surface area contributed by atoms with Crippen molar-refractivity contribution in [2.24, 2.45) is 7.05 Å². The van der Waals surface area contributed by atoms with Crippen LogP contribution in [0.25, 0.3) is 22.4 Å². The van der Waals surface area contributed by atoms with Crippen molar-refractivity contribution in [2.45, 2.75) is 13.5 Å². The van der Waals surface area contributed by atoms with Crippen LogP contribution in [0.4, 0.5) is 0 Å². The van der Waals surface area contributed by atoms with E-state index in [-0.39, 0.29) is 11.5 Å². The molecule has 0 aliphatic heterocycles. The maximum Gasteiger partial charge on any atom is 0.267 e. The minimum atomic E-state index is -0.201. The Morgan fingerprint density at radius 3 is 2.34 bits per heavy atom. The summed E-state index contributed by atoms with van der Waals surface area (Å²) in [6.45, 7) is 1.94. The molecule has 0 saturated carbocycles. The van der Waals surface area contributed by atoms with Gasteiger partial charge in [-0.1, -0.05) is 54.6 Å². The molecule has 3 aromatic carbocycles. The number of carbonyl (C=O) groups excluding carboxylic acids is 1. The Kier molecular flexibility index (Phi) is 6.12. The van der Waals surface area contributed by atoms with Crippen molar-refractivity contribution >= 4 is 5.91 Å². The molecule has 4 aromatic rings. The first-order valence-electron chi connectivity index (χ1n) is 10.3. The van der Waals surface area contributed by atoms with Crippen LogP contribution in [-0.4, -0.2) is 15.7 Å². The molecule has 1 heterocycles. The number of ether oxygens (including phenoxy) is 1. The number of para-hydroxylation sites is 2. The average Bonchev–Trinajstić information content (AvgIpc) is 2.81. The van der Waals surface area contributed by atoms with Gasteiger partial charge in [-0.25, -0.2) is 4.68 Å². The number of hydrogen-bond donors (Lipinski definition) is 1. The van der Waals surface area contributed by atoms with Gasteiger partial charge in [-0.3, -0.25) is 9.59 Å². The molecule has 6 nitrogen and oxygen atoms in total. The molecule has 0 saturated heterocycles. The molecule has 160 valence electrons. The summed E-state index contributed by atoms with van der Waals surface area (Å²) in [5, 5.41) is 7.36. The smallest absolute Gasteiger partial charge is 0.267 e. The number of rotatable bonds is 6. The molecule has 0 fully saturated rings. The summed E-state index contributed by atoms with van der Waals surface area (Å²) in [5.41, 5.74) is 3.76. The molecular weight excluding hydrogens is 402 g/mol. The highest BCUT2D eigenvalue weighted by molar-refractivity contribution is 5.83. The third-order valence-electron chi connectivity index (χ3n) is 5.01. The average molecular weight is 425 g/mol. The Morgan fingerprint density at radius 1 is 0.938 bits per heavy atom. The Bertz CT molecular complexity index is 1300. The molecule has 0 unspecified atom stereocenters. The number of hydrogen-bond acceptors (Lipinski definition) is 4. The predicted molar refractivity (Wildman–Crippen MR) is 124 cm³/mol. The number of benzene rings is 3. The highest BCUT2D eigenvalue weighted by Crippen LogP contribution is 2.37. The second kappa shape index (κ2) is 9.31. The minimum absolute atomic E-state index is 0.0814. The van der Waals surface area contributed by atoms with Gasteiger partial charge in [0.05, 0.1) is 0 Å². The maximum absolute atomic E-state index is 12.4. The second-order valence-corrected chi connectivity index (χ2v) is 7.39. The lowest BCUT2D eigenvalue weighted by molar-refractivity contribution is -0.119. The molecule has 0 aliphatic rings. The summed E-state index contributed by atoms with van der Waals surface area (Å²) in [6, 6.07) is 26.5. The largest absolute Gasteiger partial charge is 0.457 e. The van der Waals surface area contributed by atoms with E-state index in [9.17, 15) is 9.59 Å². The van der Waals surface area contributed by atoms with E-state index in [4.69, 9.17) is 4.74 Å². The molecule has 0 radical (unpaired) electrons. The molecule has 32 heavy (non-hydrogen) atoms. The van der Waals surface area contributed by atoms with Crippen LogP contribution in [-0.2, 0) is 18.4 Å². The van der Waals surface area contributed by atoms with Crippen LogP contribution in [0.1, 0.15) is 12.5 Å². The van der Waals surface area contributed by atoms with Gasteiger partial charge in [0.15, 0.2) is 0 Å². The van der Waals surface area contributed by atoms with Crippen LogP contribution < -0.4 is 15.6 Å².